The standard InChI is InChI=1S/C16H18N2O2/c1-11-6-5-8-13(15(11)19)16(20)18(2)14-9-4-3-7-12(14)10-17/h3-9,19H,10,17H2,1-2H3. The van der Waals surface area contributed by atoms with E-state index in [1.807, 2.05) is 24.3 Å². The molecule has 4 nitrogen and oxygen atoms in total. The Hall–Kier alpha value is -2.33. The van der Waals surface area contributed by atoms with Gasteiger partial charge in [-0.05, 0) is 30.2 Å². The highest BCUT2D eigenvalue weighted by Gasteiger charge is 2.19. The van der Waals surface area contributed by atoms with Crippen molar-refractivity contribution in [3.05, 3.63) is 59.2 Å². The maximum Gasteiger partial charge on any atom is 0.261 e. The highest BCUT2D eigenvalue weighted by atomic mass is 16.3. The summed E-state index contributed by atoms with van der Waals surface area (Å²) in [6.45, 7) is 2.12. The number of anilines is 1. The van der Waals surface area contributed by atoms with Gasteiger partial charge in [0.25, 0.3) is 5.91 Å². The maximum atomic E-state index is 12.5. The number of aryl methyl sites for hydroxylation is 1. The lowest BCUT2D eigenvalue weighted by atomic mass is 10.1. The van der Waals surface area contributed by atoms with Gasteiger partial charge in [-0.25, -0.2) is 0 Å². The molecule has 0 unspecified atom stereocenters. The Morgan fingerprint density at radius 1 is 1.20 bits per heavy atom. The van der Waals surface area contributed by atoms with Crippen LogP contribution in [0.2, 0.25) is 0 Å². The van der Waals surface area contributed by atoms with Crippen LogP contribution < -0.4 is 10.6 Å². The van der Waals surface area contributed by atoms with Crippen LogP contribution in [0.25, 0.3) is 0 Å². The third kappa shape index (κ3) is 2.51. The molecule has 0 fully saturated rings. The first-order chi connectivity index (χ1) is 9.56. The lowest BCUT2D eigenvalue weighted by Crippen LogP contribution is -2.27. The number of hydrogen-bond donors (Lipinski definition) is 2. The van der Waals surface area contributed by atoms with Crippen molar-refractivity contribution in [2.24, 2.45) is 5.73 Å². The first-order valence-electron chi connectivity index (χ1n) is 6.41. The zero-order valence-corrected chi connectivity index (χ0v) is 11.6. The van der Waals surface area contributed by atoms with E-state index >= 15 is 0 Å². The molecular weight excluding hydrogens is 252 g/mol. The molecule has 2 rings (SSSR count). The minimum Gasteiger partial charge on any atom is -0.507 e. The Morgan fingerprint density at radius 3 is 2.60 bits per heavy atom. The molecule has 0 aliphatic rings. The minimum atomic E-state index is -0.257. The SMILES string of the molecule is Cc1cccc(C(=O)N(C)c2ccccc2CN)c1O. The van der Waals surface area contributed by atoms with Gasteiger partial charge < -0.3 is 15.7 Å². The van der Waals surface area contributed by atoms with Gasteiger partial charge in [-0.15, -0.1) is 0 Å². The summed E-state index contributed by atoms with van der Waals surface area (Å²) in [4.78, 5) is 14.0. The van der Waals surface area contributed by atoms with Crippen LogP contribution in [0.5, 0.6) is 5.75 Å². The van der Waals surface area contributed by atoms with Gasteiger partial charge in [-0.3, -0.25) is 4.79 Å². The predicted octanol–water partition coefficient (Wildman–Crippen LogP) is 2.44. The number of phenolic OH excluding ortho intramolecular Hbond substituents is 1. The Kier molecular flexibility index (Phi) is 4.05. The smallest absolute Gasteiger partial charge is 0.261 e. The van der Waals surface area contributed by atoms with Crippen molar-refractivity contribution in [3.8, 4) is 5.75 Å². The third-order valence-electron chi connectivity index (χ3n) is 3.35. The van der Waals surface area contributed by atoms with Crippen molar-refractivity contribution < 1.29 is 9.90 Å². The summed E-state index contributed by atoms with van der Waals surface area (Å²) in [6.07, 6.45) is 0. The first kappa shape index (κ1) is 14.1. The third-order valence-corrected chi connectivity index (χ3v) is 3.35. The van der Waals surface area contributed by atoms with Crippen LogP contribution in [-0.2, 0) is 6.54 Å². The highest BCUT2D eigenvalue weighted by molar-refractivity contribution is 6.08. The molecule has 0 atom stereocenters. The second-order valence-electron chi connectivity index (χ2n) is 4.67. The van der Waals surface area contributed by atoms with Crippen molar-refractivity contribution in [2.75, 3.05) is 11.9 Å². The molecule has 0 bridgehead atoms. The van der Waals surface area contributed by atoms with E-state index in [1.165, 1.54) is 4.90 Å². The molecule has 1 amide bonds. The van der Waals surface area contributed by atoms with E-state index in [-0.39, 0.29) is 11.7 Å². The van der Waals surface area contributed by atoms with E-state index in [0.29, 0.717) is 17.7 Å². The van der Waals surface area contributed by atoms with Gasteiger partial charge in [0.2, 0.25) is 0 Å². The van der Waals surface area contributed by atoms with Gasteiger partial charge >= 0.3 is 0 Å². The van der Waals surface area contributed by atoms with Crippen LogP contribution in [0.4, 0.5) is 5.69 Å². The predicted molar refractivity (Wildman–Crippen MR) is 79.9 cm³/mol. The number of phenols is 1. The summed E-state index contributed by atoms with van der Waals surface area (Å²) in [5, 5.41) is 10.0. The number of amides is 1. The Labute approximate surface area is 118 Å². The van der Waals surface area contributed by atoms with Crippen LogP contribution in [0.1, 0.15) is 21.5 Å². The quantitative estimate of drug-likeness (QED) is 0.900. The average Bonchev–Trinajstić information content (AvgIpc) is 2.48. The molecule has 0 saturated carbocycles. The zero-order chi connectivity index (χ0) is 14.7. The lowest BCUT2D eigenvalue weighted by Gasteiger charge is -2.21. The van der Waals surface area contributed by atoms with Crippen molar-refractivity contribution >= 4 is 11.6 Å². The topological polar surface area (TPSA) is 66.6 Å². The maximum absolute atomic E-state index is 12.5. The molecule has 0 radical (unpaired) electrons. The molecule has 3 N–H and O–H groups in total. The molecule has 0 aromatic heterocycles. The van der Waals surface area contributed by atoms with Crippen LogP contribution >= 0.6 is 0 Å². The van der Waals surface area contributed by atoms with E-state index in [2.05, 4.69) is 0 Å². The number of carbonyl (C=O) groups is 1. The number of benzene rings is 2. The summed E-state index contributed by atoms with van der Waals surface area (Å²) < 4.78 is 0. The number of para-hydroxylation sites is 2. The lowest BCUT2D eigenvalue weighted by molar-refractivity contribution is 0.0990. The molecule has 104 valence electrons. The summed E-state index contributed by atoms with van der Waals surface area (Å²) >= 11 is 0. The highest BCUT2D eigenvalue weighted by Crippen LogP contribution is 2.26. The largest absolute Gasteiger partial charge is 0.507 e. The van der Waals surface area contributed by atoms with E-state index in [0.717, 1.165) is 11.3 Å². The monoisotopic (exact) mass is 270 g/mol. The number of nitrogens with two attached hydrogens (primary N) is 1. The number of aromatic hydroxyl groups is 1. The fourth-order valence-electron chi connectivity index (χ4n) is 2.13. The molecule has 0 saturated heterocycles. The number of rotatable bonds is 3. The Morgan fingerprint density at radius 2 is 1.90 bits per heavy atom. The second kappa shape index (κ2) is 5.75. The van der Waals surface area contributed by atoms with E-state index in [4.69, 9.17) is 5.73 Å². The van der Waals surface area contributed by atoms with Crippen LogP contribution in [-0.4, -0.2) is 18.1 Å². The van der Waals surface area contributed by atoms with Gasteiger partial charge in [-0.1, -0.05) is 30.3 Å². The second-order valence-corrected chi connectivity index (χ2v) is 4.67. The first-order valence-corrected chi connectivity index (χ1v) is 6.41. The minimum absolute atomic E-state index is 0.0228. The summed E-state index contributed by atoms with van der Waals surface area (Å²) in [6, 6.07) is 12.6. The molecule has 20 heavy (non-hydrogen) atoms. The van der Waals surface area contributed by atoms with Gasteiger partial charge in [0.1, 0.15) is 5.75 Å². The normalized spacial score (nSPS) is 10.3. The van der Waals surface area contributed by atoms with Crippen LogP contribution in [0, 0.1) is 6.92 Å². The summed E-state index contributed by atoms with van der Waals surface area (Å²) in [5.41, 5.74) is 8.30. The van der Waals surface area contributed by atoms with Gasteiger partial charge in [0, 0.05) is 19.3 Å². The fraction of sp³-hybridized carbons (Fsp3) is 0.188. The van der Waals surface area contributed by atoms with Gasteiger partial charge in [-0.2, -0.15) is 0 Å². The van der Waals surface area contributed by atoms with Gasteiger partial charge in [0.15, 0.2) is 0 Å². The fourth-order valence-corrected chi connectivity index (χ4v) is 2.13. The van der Waals surface area contributed by atoms with Crippen LogP contribution in [0.3, 0.4) is 0 Å². The Bertz CT molecular complexity index is 638. The van der Waals surface area contributed by atoms with Crippen molar-refractivity contribution in [1.29, 1.82) is 0 Å². The van der Waals surface area contributed by atoms with E-state index in [9.17, 15) is 9.90 Å². The van der Waals surface area contributed by atoms with Gasteiger partial charge in [0.05, 0.1) is 5.56 Å². The molecule has 2 aromatic rings. The molecular formula is C16H18N2O2. The molecule has 0 spiro atoms. The number of carbonyl (C=O) groups excluding carboxylic acids is 1. The summed E-state index contributed by atoms with van der Waals surface area (Å²) in [7, 11) is 1.68. The molecule has 0 aliphatic carbocycles. The number of hydrogen-bond acceptors (Lipinski definition) is 3. The molecule has 4 heteroatoms. The zero-order valence-electron chi connectivity index (χ0n) is 11.6. The molecule has 2 aromatic carbocycles. The molecule has 0 aliphatic heterocycles. The number of nitrogens with zero attached hydrogens (tertiary/aromatic N) is 1. The summed E-state index contributed by atoms with van der Waals surface area (Å²) in [5.74, 6) is -0.235. The Balaban J connectivity index is 2.40. The van der Waals surface area contributed by atoms with E-state index < -0.39 is 0 Å². The van der Waals surface area contributed by atoms with Crippen molar-refractivity contribution in [3.63, 3.8) is 0 Å². The van der Waals surface area contributed by atoms with Crippen LogP contribution in [0.15, 0.2) is 42.5 Å². The average molecular weight is 270 g/mol. The van der Waals surface area contributed by atoms with Crippen molar-refractivity contribution in [1.82, 2.24) is 0 Å². The van der Waals surface area contributed by atoms with E-state index in [1.54, 1.807) is 32.2 Å². The van der Waals surface area contributed by atoms with Crippen molar-refractivity contribution in [2.45, 2.75) is 13.5 Å². The molecule has 0 heterocycles.